The number of fused-ring (bicyclic) bond motifs is 1. The van der Waals surface area contributed by atoms with Gasteiger partial charge in [0.2, 0.25) is 5.89 Å². The Balaban J connectivity index is 1.95. The van der Waals surface area contributed by atoms with Crippen LogP contribution in [0.3, 0.4) is 0 Å². The number of nitrogens with two attached hydrogens (primary N) is 1. The molecule has 0 radical (unpaired) electrons. The highest BCUT2D eigenvalue weighted by Crippen LogP contribution is 2.37. The fourth-order valence-corrected chi connectivity index (χ4v) is 3.50. The number of nitrogens with zero attached hydrogens (tertiary/aromatic N) is 3. The van der Waals surface area contributed by atoms with E-state index < -0.39 is 0 Å². The molecule has 0 aliphatic heterocycles. The number of nitrogen functional groups attached to an aromatic ring is 1. The number of aromatic nitrogens is 4. The molecule has 4 aromatic rings. The van der Waals surface area contributed by atoms with E-state index in [2.05, 4.69) is 52.2 Å². The number of anilines is 1. The van der Waals surface area contributed by atoms with Gasteiger partial charge in [0.05, 0.1) is 5.69 Å². The third kappa shape index (κ3) is 2.73. The largest absolute Gasteiger partial charge is 0.404 e. The molecule has 4 rings (SSSR count). The van der Waals surface area contributed by atoms with Gasteiger partial charge in [-0.05, 0) is 55.7 Å². The second kappa shape index (κ2) is 5.98. The molecule has 3 heterocycles. The predicted molar refractivity (Wildman–Crippen MR) is 103 cm³/mol. The molecule has 6 nitrogen and oxygen atoms in total. The third-order valence-electron chi connectivity index (χ3n) is 4.47. The van der Waals surface area contributed by atoms with Crippen molar-refractivity contribution in [1.82, 2.24) is 20.2 Å². The number of rotatable bonds is 3. The van der Waals surface area contributed by atoms with E-state index in [1.54, 1.807) is 0 Å². The number of aromatic amines is 1. The molecule has 3 aromatic heterocycles. The van der Waals surface area contributed by atoms with Crippen molar-refractivity contribution in [2.24, 2.45) is 0 Å². The predicted octanol–water partition coefficient (Wildman–Crippen LogP) is 4.60. The highest BCUT2D eigenvalue weighted by Gasteiger charge is 2.18. The van der Waals surface area contributed by atoms with Crippen LogP contribution in [-0.4, -0.2) is 20.2 Å². The molecule has 0 bridgehead atoms. The number of hydrogen-bond acceptors (Lipinski definition) is 5. The zero-order chi connectivity index (χ0) is 18.4. The van der Waals surface area contributed by atoms with Crippen molar-refractivity contribution in [3.63, 3.8) is 0 Å². The summed E-state index contributed by atoms with van der Waals surface area (Å²) in [4.78, 5) is 8.07. The molecular formula is C20H21N5O. The molecule has 1 aromatic carbocycles. The Kier molecular flexibility index (Phi) is 3.76. The second-order valence-corrected chi connectivity index (χ2v) is 6.91. The SMILES string of the molecule is Cc1cc(-c2[nH]c3ccc(-c4nnc(N)o4)cc3c2C(C)C)cc(C)n1. The number of pyridine rings is 1. The van der Waals surface area contributed by atoms with Crippen molar-refractivity contribution in [2.45, 2.75) is 33.6 Å². The van der Waals surface area contributed by atoms with Gasteiger partial charge in [-0.15, -0.1) is 5.10 Å². The van der Waals surface area contributed by atoms with Gasteiger partial charge in [-0.3, -0.25) is 4.98 Å². The van der Waals surface area contributed by atoms with Crippen LogP contribution in [0.4, 0.5) is 6.01 Å². The van der Waals surface area contributed by atoms with Crippen LogP contribution < -0.4 is 5.73 Å². The average molecular weight is 347 g/mol. The second-order valence-electron chi connectivity index (χ2n) is 6.91. The molecule has 0 atom stereocenters. The zero-order valence-corrected chi connectivity index (χ0v) is 15.3. The summed E-state index contributed by atoms with van der Waals surface area (Å²) in [6.07, 6.45) is 0. The maximum absolute atomic E-state index is 5.56. The highest BCUT2D eigenvalue weighted by atomic mass is 16.4. The molecule has 0 saturated heterocycles. The van der Waals surface area contributed by atoms with E-state index in [0.29, 0.717) is 11.8 Å². The summed E-state index contributed by atoms with van der Waals surface area (Å²) in [7, 11) is 0. The maximum atomic E-state index is 5.56. The third-order valence-corrected chi connectivity index (χ3v) is 4.47. The Hall–Kier alpha value is -3.15. The van der Waals surface area contributed by atoms with Gasteiger partial charge in [0.15, 0.2) is 0 Å². The lowest BCUT2D eigenvalue weighted by Crippen LogP contribution is -1.93. The monoisotopic (exact) mass is 347 g/mol. The number of nitrogens with one attached hydrogen (secondary N) is 1. The highest BCUT2D eigenvalue weighted by molar-refractivity contribution is 5.93. The topological polar surface area (TPSA) is 93.6 Å². The van der Waals surface area contributed by atoms with Crippen LogP contribution >= 0.6 is 0 Å². The molecule has 3 N–H and O–H groups in total. The van der Waals surface area contributed by atoms with Gasteiger partial charge >= 0.3 is 6.01 Å². The van der Waals surface area contributed by atoms with Crippen LogP contribution in [-0.2, 0) is 0 Å². The molecule has 132 valence electrons. The van der Waals surface area contributed by atoms with Crippen molar-refractivity contribution in [3.05, 3.63) is 47.3 Å². The number of aryl methyl sites for hydroxylation is 2. The Labute approximate surface area is 151 Å². The summed E-state index contributed by atoms with van der Waals surface area (Å²) in [6.45, 7) is 8.44. The molecule has 0 spiro atoms. The summed E-state index contributed by atoms with van der Waals surface area (Å²) in [5, 5.41) is 8.89. The molecule has 26 heavy (non-hydrogen) atoms. The van der Waals surface area contributed by atoms with Crippen molar-refractivity contribution in [3.8, 4) is 22.7 Å². The molecule has 0 fully saturated rings. The summed E-state index contributed by atoms with van der Waals surface area (Å²) in [6, 6.07) is 10.4. The molecule has 6 heteroatoms. The van der Waals surface area contributed by atoms with Crippen molar-refractivity contribution >= 4 is 16.9 Å². The molecule has 0 saturated carbocycles. The Morgan fingerprint density at radius 2 is 1.73 bits per heavy atom. The number of H-pyrrole nitrogens is 1. The fraction of sp³-hybridized carbons (Fsp3) is 0.250. The van der Waals surface area contributed by atoms with Crippen LogP contribution in [0.2, 0.25) is 0 Å². The first-order valence-electron chi connectivity index (χ1n) is 8.63. The molecule has 0 aliphatic rings. The van der Waals surface area contributed by atoms with E-state index in [-0.39, 0.29) is 6.01 Å². The van der Waals surface area contributed by atoms with Gasteiger partial charge in [0, 0.05) is 33.4 Å². The van der Waals surface area contributed by atoms with E-state index in [0.717, 1.165) is 39.1 Å². The Bertz CT molecular complexity index is 1090. The van der Waals surface area contributed by atoms with Gasteiger partial charge in [-0.2, -0.15) is 0 Å². The quantitative estimate of drug-likeness (QED) is 0.565. The first-order valence-corrected chi connectivity index (χ1v) is 8.63. The van der Waals surface area contributed by atoms with E-state index in [1.165, 1.54) is 5.56 Å². The van der Waals surface area contributed by atoms with Crippen molar-refractivity contribution < 1.29 is 4.42 Å². The molecule has 0 aliphatic carbocycles. The Morgan fingerprint density at radius 1 is 1.00 bits per heavy atom. The van der Waals surface area contributed by atoms with Crippen molar-refractivity contribution in [2.75, 3.05) is 5.73 Å². The average Bonchev–Trinajstić information content (AvgIpc) is 3.16. The lowest BCUT2D eigenvalue weighted by atomic mass is 9.95. The van der Waals surface area contributed by atoms with Gasteiger partial charge < -0.3 is 15.1 Å². The first kappa shape index (κ1) is 16.3. The van der Waals surface area contributed by atoms with Gasteiger partial charge in [0.1, 0.15) is 0 Å². The van der Waals surface area contributed by atoms with E-state index in [4.69, 9.17) is 10.2 Å². The first-order chi connectivity index (χ1) is 12.4. The summed E-state index contributed by atoms with van der Waals surface area (Å²) >= 11 is 0. The minimum atomic E-state index is 0.0710. The molecule has 0 amide bonds. The lowest BCUT2D eigenvalue weighted by Gasteiger charge is -2.10. The van der Waals surface area contributed by atoms with E-state index in [1.807, 2.05) is 26.0 Å². The Morgan fingerprint density at radius 3 is 2.35 bits per heavy atom. The minimum absolute atomic E-state index is 0.0710. The smallest absolute Gasteiger partial charge is 0.313 e. The van der Waals surface area contributed by atoms with Crippen LogP contribution in [0.25, 0.3) is 33.6 Å². The van der Waals surface area contributed by atoms with E-state index >= 15 is 0 Å². The molecule has 0 unspecified atom stereocenters. The van der Waals surface area contributed by atoms with Gasteiger partial charge in [-0.1, -0.05) is 18.9 Å². The van der Waals surface area contributed by atoms with E-state index in [9.17, 15) is 0 Å². The van der Waals surface area contributed by atoms with Crippen LogP contribution in [0.15, 0.2) is 34.7 Å². The normalized spacial score (nSPS) is 11.6. The fourth-order valence-electron chi connectivity index (χ4n) is 3.50. The summed E-state index contributed by atoms with van der Waals surface area (Å²) in [5.74, 6) is 0.771. The zero-order valence-electron chi connectivity index (χ0n) is 15.3. The standard InChI is InChI=1S/C20H21N5O/c1-10(2)17-15-9-13(19-24-25-20(21)26-19)5-6-16(15)23-18(17)14-7-11(3)22-12(4)8-14/h5-10,23H,1-4H3,(H2,21,25). The lowest BCUT2D eigenvalue weighted by molar-refractivity contribution is 0.590. The number of hydrogen-bond donors (Lipinski definition) is 2. The van der Waals surface area contributed by atoms with Gasteiger partial charge in [-0.25, -0.2) is 0 Å². The number of benzene rings is 1. The van der Waals surface area contributed by atoms with Gasteiger partial charge in [0.25, 0.3) is 0 Å². The van der Waals surface area contributed by atoms with Crippen LogP contribution in [0.5, 0.6) is 0 Å². The van der Waals surface area contributed by atoms with Crippen LogP contribution in [0, 0.1) is 13.8 Å². The van der Waals surface area contributed by atoms with Crippen LogP contribution in [0.1, 0.15) is 36.7 Å². The minimum Gasteiger partial charge on any atom is -0.404 e. The summed E-state index contributed by atoms with van der Waals surface area (Å²) in [5.41, 5.74) is 13.1. The maximum Gasteiger partial charge on any atom is 0.313 e. The molecular weight excluding hydrogens is 326 g/mol. The summed E-state index contributed by atoms with van der Waals surface area (Å²) < 4.78 is 5.38. The van der Waals surface area contributed by atoms with Crippen molar-refractivity contribution in [1.29, 1.82) is 0 Å².